The third-order valence-electron chi connectivity index (χ3n) is 3.08. The van der Waals surface area contributed by atoms with E-state index in [0.29, 0.717) is 6.54 Å². The summed E-state index contributed by atoms with van der Waals surface area (Å²) in [6.45, 7) is 2.75. The summed E-state index contributed by atoms with van der Waals surface area (Å²) in [7, 11) is 1.99. The Morgan fingerprint density at radius 3 is 2.85 bits per heavy atom. The molecular weight excluding hydrogens is 316 g/mol. The molecule has 0 aliphatic carbocycles. The number of nitrogens with one attached hydrogen (secondary N) is 1. The Bertz CT molecular complexity index is 640. The molecule has 1 aromatic heterocycles. The predicted molar refractivity (Wildman–Crippen MR) is 86.2 cm³/mol. The van der Waals surface area contributed by atoms with E-state index in [4.69, 9.17) is 11.1 Å². The van der Waals surface area contributed by atoms with Crippen LogP contribution in [-0.4, -0.2) is 17.9 Å². The molecule has 0 aliphatic rings. The van der Waals surface area contributed by atoms with Crippen LogP contribution in [0.15, 0.2) is 41.0 Å². The van der Waals surface area contributed by atoms with Gasteiger partial charge in [0, 0.05) is 25.4 Å². The first-order valence-corrected chi connectivity index (χ1v) is 7.04. The van der Waals surface area contributed by atoms with Gasteiger partial charge in [-0.15, -0.1) is 0 Å². The minimum atomic E-state index is 0.0874. The van der Waals surface area contributed by atoms with E-state index in [-0.39, 0.29) is 5.84 Å². The summed E-state index contributed by atoms with van der Waals surface area (Å²) in [5.41, 5.74) is 8.51. The van der Waals surface area contributed by atoms with Crippen molar-refractivity contribution < 1.29 is 0 Å². The monoisotopic (exact) mass is 332 g/mol. The van der Waals surface area contributed by atoms with E-state index < -0.39 is 0 Å². The average molecular weight is 333 g/mol. The van der Waals surface area contributed by atoms with Gasteiger partial charge in [0.05, 0.1) is 4.47 Å². The zero-order valence-corrected chi connectivity index (χ0v) is 13.1. The molecule has 0 amide bonds. The van der Waals surface area contributed by atoms with E-state index in [1.165, 1.54) is 0 Å². The van der Waals surface area contributed by atoms with E-state index >= 15 is 0 Å². The lowest BCUT2D eigenvalue weighted by molar-refractivity contribution is 0.891. The lowest BCUT2D eigenvalue weighted by atomic mass is 10.1. The van der Waals surface area contributed by atoms with Crippen LogP contribution in [0.3, 0.4) is 0 Å². The van der Waals surface area contributed by atoms with Gasteiger partial charge in [0.25, 0.3) is 0 Å². The van der Waals surface area contributed by atoms with Crippen molar-refractivity contribution in [2.24, 2.45) is 5.73 Å². The van der Waals surface area contributed by atoms with Gasteiger partial charge in [-0.2, -0.15) is 0 Å². The standard InChI is InChI=1S/C15H17BrN4/c1-10-6-7-19-15(13(10)16)20(2)9-11-4-3-5-12(8-11)14(17)18/h3-8H,9H2,1-2H3,(H3,17,18). The highest BCUT2D eigenvalue weighted by Gasteiger charge is 2.10. The number of hydrogen-bond acceptors (Lipinski definition) is 3. The maximum Gasteiger partial charge on any atom is 0.143 e. The minimum absolute atomic E-state index is 0.0874. The van der Waals surface area contributed by atoms with E-state index in [2.05, 4.69) is 25.8 Å². The first kappa shape index (κ1) is 14.5. The highest BCUT2D eigenvalue weighted by Crippen LogP contribution is 2.26. The number of rotatable bonds is 4. The maximum atomic E-state index is 7.49. The fourth-order valence-electron chi connectivity index (χ4n) is 1.98. The van der Waals surface area contributed by atoms with Gasteiger partial charge in [-0.1, -0.05) is 18.2 Å². The summed E-state index contributed by atoms with van der Waals surface area (Å²) >= 11 is 3.57. The van der Waals surface area contributed by atoms with Crippen LogP contribution in [0.2, 0.25) is 0 Å². The highest BCUT2D eigenvalue weighted by molar-refractivity contribution is 9.10. The minimum Gasteiger partial charge on any atom is -0.384 e. The fraction of sp³-hybridized carbons (Fsp3) is 0.200. The van der Waals surface area contributed by atoms with Crippen LogP contribution in [0.1, 0.15) is 16.7 Å². The van der Waals surface area contributed by atoms with Crippen molar-refractivity contribution in [2.45, 2.75) is 13.5 Å². The number of anilines is 1. The molecule has 2 rings (SSSR count). The molecule has 0 bridgehead atoms. The Kier molecular flexibility index (Phi) is 4.39. The van der Waals surface area contributed by atoms with E-state index in [0.717, 1.165) is 27.0 Å². The van der Waals surface area contributed by atoms with Crippen molar-refractivity contribution in [1.82, 2.24) is 4.98 Å². The van der Waals surface area contributed by atoms with Crippen molar-refractivity contribution in [2.75, 3.05) is 11.9 Å². The molecule has 1 aromatic carbocycles. The molecule has 0 spiro atoms. The fourth-order valence-corrected chi connectivity index (χ4v) is 2.52. The summed E-state index contributed by atoms with van der Waals surface area (Å²) in [5.74, 6) is 0.989. The van der Waals surface area contributed by atoms with Crippen molar-refractivity contribution >= 4 is 27.6 Å². The van der Waals surface area contributed by atoms with Crippen LogP contribution >= 0.6 is 15.9 Å². The molecular formula is C15H17BrN4. The molecule has 5 heteroatoms. The Balaban J connectivity index is 2.23. The topological polar surface area (TPSA) is 66.0 Å². The molecule has 0 unspecified atom stereocenters. The number of halogens is 1. The predicted octanol–water partition coefficient (Wildman–Crippen LogP) is 3.07. The molecule has 0 saturated carbocycles. The maximum absolute atomic E-state index is 7.49. The molecule has 2 aromatic rings. The van der Waals surface area contributed by atoms with Gasteiger partial charge in [0.15, 0.2) is 0 Å². The van der Waals surface area contributed by atoms with Gasteiger partial charge in [-0.3, -0.25) is 5.41 Å². The van der Waals surface area contributed by atoms with Crippen molar-refractivity contribution in [3.05, 3.63) is 57.7 Å². The number of benzene rings is 1. The molecule has 0 atom stereocenters. The quantitative estimate of drug-likeness (QED) is 0.667. The number of aromatic nitrogens is 1. The summed E-state index contributed by atoms with van der Waals surface area (Å²) in [5, 5.41) is 7.49. The van der Waals surface area contributed by atoms with Crippen molar-refractivity contribution in [3.8, 4) is 0 Å². The molecule has 4 nitrogen and oxygen atoms in total. The van der Waals surface area contributed by atoms with E-state index in [1.807, 2.05) is 44.3 Å². The van der Waals surface area contributed by atoms with E-state index in [9.17, 15) is 0 Å². The number of nitrogens with two attached hydrogens (primary N) is 1. The highest BCUT2D eigenvalue weighted by atomic mass is 79.9. The summed E-state index contributed by atoms with van der Waals surface area (Å²) in [4.78, 5) is 6.47. The van der Waals surface area contributed by atoms with E-state index in [1.54, 1.807) is 6.20 Å². The second kappa shape index (κ2) is 6.05. The first-order chi connectivity index (χ1) is 9.49. The zero-order chi connectivity index (χ0) is 14.7. The van der Waals surface area contributed by atoms with Gasteiger partial charge >= 0.3 is 0 Å². The first-order valence-electron chi connectivity index (χ1n) is 6.24. The molecule has 0 saturated heterocycles. The van der Waals surface area contributed by atoms with Crippen LogP contribution in [0.4, 0.5) is 5.82 Å². The number of aryl methyl sites for hydroxylation is 1. The Morgan fingerprint density at radius 1 is 1.40 bits per heavy atom. The Hall–Kier alpha value is -1.88. The molecule has 0 radical (unpaired) electrons. The number of hydrogen-bond donors (Lipinski definition) is 2. The van der Waals surface area contributed by atoms with Gasteiger partial charge in [0.1, 0.15) is 11.7 Å². The lowest BCUT2D eigenvalue weighted by Crippen LogP contribution is -2.19. The van der Waals surface area contributed by atoms with Gasteiger partial charge in [0.2, 0.25) is 0 Å². The summed E-state index contributed by atoms with van der Waals surface area (Å²) < 4.78 is 1.00. The molecule has 1 heterocycles. The number of nitrogens with zero attached hydrogens (tertiary/aromatic N) is 2. The van der Waals surface area contributed by atoms with Gasteiger partial charge < -0.3 is 10.6 Å². The lowest BCUT2D eigenvalue weighted by Gasteiger charge is -2.20. The van der Waals surface area contributed by atoms with Crippen LogP contribution in [0.5, 0.6) is 0 Å². The summed E-state index contributed by atoms with van der Waals surface area (Å²) in [6, 6.07) is 9.68. The van der Waals surface area contributed by atoms with Gasteiger partial charge in [-0.25, -0.2) is 4.98 Å². The molecule has 3 N–H and O–H groups in total. The number of pyridine rings is 1. The Labute approximate surface area is 127 Å². The average Bonchev–Trinajstić information content (AvgIpc) is 2.42. The van der Waals surface area contributed by atoms with Crippen LogP contribution < -0.4 is 10.6 Å². The smallest absolute Gasteiger partial charge is 0.143 e. The van der Waals surface area contributed by atoms with Crippen LogP contribution in [0.25, 0.3) is 0 Å². The Morgan fingerprint density at radius 2 is 2.15 bits per heavy atom. The number of amidine groups is 1. The normalized spacial score (nSPS) is 10.3. The van der Waals surface area contributed by atoms with Gasteiger partial charge in [-0.05, 0) is 46.1 Å². The molecule has 0 fully saturated rings. The third kappa shape index (κ3) is 3.17. The third-order valence-corrected chi connectivity index (χ3v) is 4.06. The zero-order valence-electron chi connectivity index (χ0n) is 11.5. The van der Waals surface area contributed by atoms with Crippen LogP contribution in [0, 0.1) is 12.3 Å². The molecule has 104 valence electrons. The van der Waals surface area contributed by atoms with Crippen molar-refractivity contribution in [3.63, 3.8) is 0 Å². The SMILES string of the molecule is Cc1ccnc(N(C)Cc2cccc(C(=N)N)c2)c1Br. The van der Waals surface area contributed by atoms with Crippen molar-refractivity contribution in [1.29, 1.82) is 5.41 Å². The molecule has 0 aliphatic heterocycles. The second-order valence-corrected chi connectivity index (χ2v) is 5.53. The largest absolute Gasteiger partial charge is 0.384 e. The molecule has 20 heavy (non-hydrogen) atoms. The second-order valence-electron chi connectivity index (χ2n) is 4.74. The number of nitrogen functional groups attached to an aromatic ring is 1. The van der Waals surface area contributed by atoms with Crippen LogP contribution in [-0.2, 0) is 6.54 Å². The summed E-state index contributed by atoms with van der Waals surface area (Å²) in [6.07, 6.45) is 1.80.